The van der Waals surface area contributed by atoms with Gasteiger partial charge in [0, 0.05) is 23.6 Å². The number of carbonyl (C=O) groups is 3. The standard InChI is InChI=1S/C23H27N5O3/c1-13(29)4-11-19(15(3)30)27-22(31)17-8-5-16(6-9-17)7-10-18-12-25-21-20(18)14(2)26-23(24)28-21/h5-6,8-9,12,19H,4,7,10-11H2,1-3H3,(H,27,31)(H3,24,25,26,28)/t19-/m1/s1. The maximum absolute atomic E-state index is 12.5. The van der Waals surface area contributed by atoms with Crippen LogP contribution in [0, 0.1) is 6.92 Å². The summed E-state index contributed by atoms with van der Waals surface area (Å²) in [7, 11) is 0. The minimum Gasteiger partial charge on any atom is -0.368 e. The molecule has 0 radical (unpaired) electrons. The van der Waals surface area contributed by atoms with Gasteiger partial charge in [-0.15, -0.1) is 0 Å². The van der Waals surface area contributed by atoms with Gasteiger partial charge in [0.25, 0.3) is 5.91 Å². The fourth-order valence-electron chi connectivity index (χ4n) is 3.58. The number of Topliss-reactive ketones (excluding diaryl/α,β-unsaturated/α-hetero) is 2. The summed E-state index contributed by atoms with van der Waals surface area (Å²) in [6, 6.07) is 6.65. The molecule has 0 aliphatic rings. The van der Waals surface area contributed by atoms with Crippen molar-refractivity contribution in [3.05, 3.63) is 52.8 Å². The highest BCUT2D eigenvalue weighted by molar-refractivity contribution is 5.97. The van der Waals surface area contributed by atoms with Crippen LogP contribution in [0.3, 0.4) is 0 Å². The van der Waals surface area contributed by atoms with Crippen LogP contribution in [-0.4, -0.2) is 38.5 Å². The molecular weight excluding hydrogens is 394 g/mol. The first kappa shape index (κ1) is 22.1. The van der Waals surface area contributed by atoms with Gasteiger partial charge in [-0.05, 0) is 63.3 Å². The quantitative estimate of drug-likeness (QED) is 0.487. The van der Waals surface area contributed by atoms with Crippen LogP contribution in [0.25, 0.3) is 11.0 Å². The third kappa shape index (κ3) is 5.53. The Labute approximate surface area is 180 Å². The lowest BCUT2D eigenvalue weighted by Crippen LogP contribution is -2.40. The number of ketones is 2. The summed E-state index contributed by atoms with van der Waals surface area (Å²) in [6.45, 7) is 4.80. The number of nitrogens with two attached hydrogens (primary N) is 1. The van der Waals surface area contributed by atoms with E-state index >= 15 is 0 Å². The van der Waals surface area contributed by atoms with E-state index in [1.807, 2.05) is 25.3 Å². The van der Waals surface area contributed by atoms with Crippen LogP contribution in [0.1, 0.15) is 53.9 Å². The highest BCUT2D eigenvalue weighted by Crippen LogP contribution is 2.22. The Hall–Kier alpha value is -3.55. The maximum atomic E-state index is 12.5. The van der Waals surface area contributed by atoms with E-state index < -0.39 is 6.04 Å². The van der Waals surface area contributed by atoms with Gasteiger partial charge in [-0.25, -0.2) is 4.98 Å². The molecular formula is C23H27N5O3. The van der Waals surface area contributed by atoms with Crippen molar-refractivity contribution in [3.8, 4) is 0 Å². The molecule has 1 amide bonds. The number of fused-ring (bicyclic) bond motifs is 1. The van der Waals surface area contributed by atoms with Crippen molar-refractivity contribution in [2.75, 3.05) is 5.73 Å². The highest BCUT2D eigenvalue weighted by Gasteiger charge is 2.18. The first-order valence-electron chi connectivity index (χ1n) is 10.2. The number of carbonyl (C=O) groups excluding carboxylic acids is 3. The van der Waals surface area contributed by atoms with E-state index in [1.54, 1.807) is 12.1 Å². The summed E-state index contributed by atoms with van der Waals surface area (Å²) in [5.74, 6) is -0.242. The lowest BCUT2D eigenvalue weighted by molar-refractivity contribution is -0.119. The van der Waals surface area contributed by atoms with Crippen molar-refractivity contribution >= 4 is 34.5 Å². The molecule has 1 aromatic carbocycles. The first-order chi connectivity index (χ1) is 14.7. The summed E-state index contributed by atoms with van der Waals surface area (Å²) in [5.41, 5.74) is 9.96. The van der Waals surface area contributed by atoms with Gasteiger partial charge in [-0.3, -0.25) is 9.59 Å². The second-order valence-electron chi connectivity index (χ2n) is 7.78. The van der Waals surface area contributed by atoms with Crippen molar-refractivity contribution in [2.45, 2.75) is 52.5 Å². The number of aromatic nitrogens is 3. The molecule has 0 aliphatic heterocycles. The molecule has 0 spiro atoms. The van der Waals surface area contributed by atoms with Crippen molar-refractivity contribution in [1.82, 2.24) is 20.3 Å². The number of nitrogens with zero attached hydrogens (tertiary/aromatic N) is 2. The number of hydrogen-bond acceptors (Lipinski definition) is 6. The lowest BCUT2D eigenvalue weighted by Gasteiger charge is -2.15. The smallest absolute Gasteiger partial charge is 0.251 e. The maximum Gasteiger partial charge on any atom is 0.251 e. The highest BCUT2D eigenvalue weighted by atomic mass is 16.2. The Balaban J connectivity index is 1.63. The predicted octanol–water partition coefficient (Wildman–Crippen LogP) is 2.69. The number of nitrogens with one attached hydrogen (secondary N) is 2. The van der Waals surface area contributed by atoms with Gasteiger partial charge < -0.3 is 20.8 Å². The van der Waals surface area contributed by atoms with E-state index in [-0.39, 0.29) is 29.8 Å². The van der Waals surface area contributed by atoms with Gasteiger partial charge in [-0.1, -0.05) is 12.1 Å². The van der Waals surface area contributed by atoms with E-state index in [1.165, 1.54) is 13.8 Å². The molecule has 0 unspecified atom stereocenters. The van der Waals surface area contributed by atoms with E-state index in [0.29, 0.717) is 12.0 Å². The van der Waals surface area contributed by atoms with Crippen LogP contribution in [0.5, 0.6) is 0 Å². The number of rotatable bonds is 9. The number of H-pyrrole nitrogens is 1. The zero-order chi connectivity index (χ0) is 22.5. The first-order valence-corrected chi connectivity index (χ1v) is 10.2. The Morgan fingerprint density at radius 1 is 1.10 bits per heavy atom. The number of nitrogen functional groups attached to an aromatic ring is 1. The van der Waals surface area contributed by atoms with Crippen molar-refractivity contribution in [2.24, 2.45) is 0 Å². The molecule has 0 bridgehead atoms. The molecule has 31 heavy (non-hydrogen) atoms. The van der Waals surface area contributed by atoms with Gasteiger partial charge in [0.2, 0.25) is 5.95 Å². The molecule has 8 heteroatoms. The minimum absolute atomic E-state index is 0.00900. The van der Waals surface area contributed by atoms with Gasteiger partial charge in [0.05, 0.1) is 11.7 Å². The molecule has 2 heterocycles. The number of hydrogen-bond donors (Lipinski definition) is 3. The number of amides is 1. The molecule has 0 fully saturated rings. The van der Waals surface area contributed by atoms with Crippen molar-refractivity contribution in [1.29, 1.82) is 0 Å². The average Bonchev–Trinajstić information content (AvgIpc) is 3.12. The number of benzene rings is 1. The molecule has 2 aromatic heterocycles. The number of aryl methyl sites for hydroxylation is 3. The molecule has 0 saturated carbocycles. The molecule has 0 aliphatic carbocycles. The van der Waals surface area contributed by atoms with E-state index in [9.17, 15) is 14.4 Å². The van der Waals surface area contributed by atoms with E-state index in [2.05, 4.69) is 20.3 Å². The minimum atomic E-state index is -0.655. The topological polar surface area (TPSA) is 131 Å². The summed E-state index contributed by atoms with van der Waals surface area (Å²) >= 11 is 0. The lowest BCUT2D eigenvalue weighted by atomic mass is 10.0. The zero-order valence-corrected chi connectivity index (χ0v) is 18.0. The van der Waals surface area contributed by atoms with Crippen LogP contribution in [0.2, 0.25) is 0 Å². The van der Waals surface area contributed by atoms with Crippen LogP contribution in [-0.2, 0) is 22.4 Å². The predicted molar refractivity (Wildman–Crippen MR) is 119 cm³/mol. The SMILES string of the molecule is CC(=O)CC[C@@H](NC(=O)c1ccc(CCc2c[nH]c3nc(N)nc(C)c23)cc1)C(C)=O. The second kappa shape index (κ2) is 9.51. The zero-order valence-electron chi connectivity index (χ0n) is 18.0. The molecule has 0 saturated heterocycles. The molecule has 162 valence electrons. The van der Waals surface area contributed by atoms with Gasteiger partial charge >= 0.3 is 0 Å². The second-order valence-corrected chi connectivity index (χ2v) is 7.78. The largest absolute Gasteiger partial charge is 0.368 e. The Kier molecular flexibility index (Phi) is 6.79. The Morgan fingerprint density at radius 2 is 1.81 bits per heavy atom. The fraction of sp³-hybridized carbons (Fsp3) is 0.348. The fourth-order valence-corrected chi connectivity index (χ4v) is 3.58. The normalized spacial score (nSPS) is 12.0. The summed E-state index contributed by atoms with van der Waals surface area (Å²) < 4.78 is 0. The van der Waals surface area contributed by atoms with Gasteiger partial charge in [0.1, 0.15) is 11.4 Å². The van der Waals surface area contributed by atoms with Gasteiger partial charge in [0.15, 0.2) is 5.78 Å². The van der Waals surface area contributed by atoms with Gasteiger partial charge in [-0.2, -0.15) is 4.98 Å². The van der Waals surface area contributed by atoms with E-state index in [0.717, 1.165) is 40.7 Å². The van der Waals surface area contributed by atoms with Crippen LogP contribution in [0.4, 0.5) is 5.95 Å². The Morgan fingerprint density at radius 3 is 2.45 bits per heavy atom. The molecule has 8 nitrogen and oxygen atoms in total. The molecule has 3 aromatic rings. The van der Waals surface area contributed by atoms with Crippen molar-refractivity contribution < 1.29 is 14.4 Å². The summed E-state index contributed by atoms with van der Waals surface area (Å²) in [5, 5.41) is 3.72. The number of aromatic amines is 1. The van der Waals surface area contributed by atoms with Crippen LogP contribution in [0.15, 0.2) is 30.5 Å². The monoisotopic (exact) mass is 421 g/mol. The van der Waals surface area contributed by atoms with Crippen LogP contribution < -0.4 is 11.1 Å². The van der Waals surface area contributed by atoms with Crippen LogP contribution >= 0.6 is 0 Å². The van der Waals surface area contributed by atoms with E-state index in [4.69, 9.17) is 5.73 Å². The van der Waals surface area contributed by atoms with Crippen molar-refractivity contribution in [3.63, 3.8) is 0 Å². The molecule has 3 rings (SSSR count). The third-order valence-corrected chi connectivity index (χ3v) is 5.29. The molecule has 4 N–H and O–H groups in total. The number of anilines is 1. The average molecular weight is 422 g/mol. The third-order valence-electron chi connectivity index (χ3n) is 5.29. The molecule has 1 atom stereocenters. The summed E-state index contributed by atoms with van der Waals surface area (Å²) in [6.07, 6.45) is 4.07. The summed E-state index contributed by atoms with van der Waals surface area (Å²) in [4.78, 5) is 47.0. The Bertz CT molecular complexity index is 1120.